The van der Waals surface area contributed by atoms with Crippen LogP contribution in [0.15, 0.2) is 27.4 Å². The smallest absolute Gasteiger partial charge is 0.170 e. The van der Waals surface area contributed by atoms with E-state index in [0.29, 0.717) is 11.1 Å². The molecule has 0 spiro atoms. The van der Waals surface area contributed by atoms with E-state index in [1.807, 2.05) is 12.1 Å². The van der Waals surface area contributed by atoms with Crippen molar-refractivity contribution in [3.63, 3.8) is 0 Å². The molecule has 2 rings (SSSR count). The van der Waals surface area contributed by atoms with Crippen LogP contribution < -0.4 is 0 Å². The molecule has 2 heterocycles. The predicted molar refractivity (Wildman–Crippen MR) is 62.9 cm³/mol. The Labute approximate surface area is 99.9 Å². The Morgan fingerprint density at radius 1 is 1.60 bits per heavy atom. The highest BCUT2D eigenvalue weighted by Gasteiger charge is 2.09. The van der Waals surface area contributed by atoms with Crippen LogP contribution in [0.5, 0.6) is 0 Å². The van der Waals surface area contributed by atoms with Crippen molar-refractivity contribution < 1.29 is 9.52 Å². The largest absolute Gasteiger partial charge is 0.447 e. The average molecular weight is 288 g/mol. The molecule has 2 aromatic rings. The normalized spacial score (nSPS) is 13.0. The van der Waals surface area contributed by atoms with Gasteiger partial charge < -0.3 is 9.52 Å². The zero-order valence-electron chi connectivity index (χ0n) is 8.11. The topological polar surface area (TPSA) is 46.3 Å². The summed E-state index contributed by atoms with van der Waals surface area (Å²) in [6.07, 6.45) is 2.09. The summed E-state index contributed by atoms with van der Waals surface area (Å²) < 4.78 is 6.09. The van der Waals surface area contributed by atoms with Crippen molar-refractivity contribution in [2.75, 3.05) is 0 Å². The first kappa shape index (κ1) is 10.9. The summed E-state index contributed by atoms with van der Waals surface area (Å²) in [4.78, 5) is 5.31. The number of halogens is 1. The maximum Gasteiger partial charge on any atom is 0.170 e. The summed E-state index contributed by atoms with van der Waals surface area (Å²) in [5, 5.41) is 10.1. The lowest BCUT2D eigenvalue weighted by Gasteiger charge is -1.97. The van der Waals surface area contributed by atoms with Crippen molar-refractivity contribution in [3.05, 3.63) is 27.9 Å². The highest BCUT2D eigenvalue weighted by molar-refractivity contribution is 9.10. The number of nitrogens with zero attached hydrogens (tertiary/aromatic N) is 1. The predicted octanol–water partition coefficient (Wildman–Crippen LogP) is 3.09. The molecule has 15 heavy (non-hydrogen) atoms. The van der Waals surface area contributed by atoms with Gasteiger partial charge >= 0.3 is 0 Å². The van der Waals surface area contributed by atoms with Crippen LogP contribution in [0.3, 0.4) is 0 Å². The molecule has 2 aromatic heterocycles. The lowest BCUT2D eigenvalue weighted by atomic mass is 10.3. The monoisotopic (exact) mass is 287 g/mol. The third-order valence-corrected chi connectivity index (χ3v) is 3.29. The van der Waals surface area contributed by atoms with Gasteiger partial charge in [0.2, 0.25) is 0 Å². The third-order valence-electron chi connectivity index (χ3n) is 1.83. The van der Waals surface area contributed by atoms with Crippen LogP contribution >= 0.6 is 27.3 Å². The lowest BCUT2D eigenvalue weighted by molar-refractivity contribution is 0.196. The van der Waals surface area contributed by atoms with Gasteiger partial charge in [0.1, 0.15) is 0 Å². The molecule has 0 amide bonds. The Bertz CT molecular complexity index is 450. The molecular weight excluding hydrogens is 278 g/mol. The van der Waals surface area contributed by atoms with Gasteiger partial charge in [0, 0.05) is 17.5 Å². The molecule has 3 nitrogen and oxygen atoms in total. The van der Waals surface area contributed by atoms with E-state index >= 15 is 0 Å². The van der Waals surface area contributed by atoms with E-state index in [0.717, 1.165) is 15.6 Å². The van der Waals surface area contributed by atoms with E-state index in [1.165, 1.54) is 0 Å². The molecule has 1 atom stereocenters. The molecule has 0 bridgehead atoms. The Morgan fingerprint density at radius 3 is 3.00 bits per heavy atom. The number of furan rings is 1. The van der Waals surface area contributed by atoms with Gasteiger partial charge in [-0.3, -0.25) is 0 Å². The molecular formula is C10H10BrNO2S. The SMILES string of the molecule is CC(O)Cc1cnc(-c2ccc(Br)o2)s1. The van der Waals surface area contributed by atoms with Gasteiger partial charge in [-0.1, -0.05) is 0 Å². The van der Waals surface area contributed by atoms with E-state index in [1.54, 1.807) is 24.5 Å². The van der Waals surface area contributed by atoms with Gasteiger partial charge in [-0.25, -0.2) is 4.98 Å². The Morgan fingerprint density at radius 2 is 2.40 bits per heavy atom. The van der Waals surface area contributed by atoms with Crippen LogP contribution in [0.25, 0.3) is 10.8 Å². The summed E-state index contributed by atoms with van der Waals surface area (Å²) in [6, 6.07) is 3.71. The molecule has 0 aliphatic heterocycles. The summed E-state index contributed by atoms with van der Waals surface area (Å²) in [7, 11) is 0. The number of aliphatic hydroxyl groups is 1. The lowest BCUT2D eigenvalue weighted by Crippen LogP contribution is -2.01. The van der Waals surface area contributed by atoms with E-state index in [-0.39, 0.29) is 6.10 Å². The highest BCUT2D eigenvalue weighted by atomic mass is 79.9. The Balaban J connectivity index is 2.20. The van der Waals surface area contributed by atoms with Crippen molar-refractivity contribution in [2.24, 2.45) is 0 Å². The van der Waals surface area contributed by atoms with Gasteiger partial charge in [-0.05, 0) is 35.0 Å². The van der Waals surface area contributed by atoms with Gasteiger partial charge in [0.05, 0.1) is 6.10 Å². The minimum Gasteiger partial charge on any atom is -0.447 e. The van der Waals surface area contributed by atoms with Gasteiger partial charge in [-0.2, -0.15) is 0 Å². The van der Waals surface area contributed by atoms with Crippen LogP contribution in [0.4, 0.5) is 0 Å². The minimum absolute atomic E-state index is 0.332. The van der Waals surface area contributed by atoms with Crippen LogP contribution in [-0.4, -0.2) is 16.2 Å². The minimum atomic E-state index is -0.332. The van der Waals surface area contributed by atoms with Crippen molar-refractivity contribution in [1.82, 2.24) is 4.98 Å². The first-order valence-electron chi connectivity index (χ1n) is 4.53. The molecule has 0 saturated carbocycles. The molecule has 80 valence electrons. The number of aromatic nitrogens is 1. The summed E-state index contributed by atoms with van der Waals surface area (Å²) in [5.74, 6) is 0.753. The van der Waals surface area contributed by atoms with Crippen LogP contribution in [0, 0.1) is 0 Å². The second kappa shape index (κ2) is 4.47. The Kier molecular flexibility index (Phi) is 3.23. The highest BCUT2D eigenvalue weighted by Crippen LogP contribution is 2.29. The van der Waals surface area contributed by atoms with Gasteiger partial charge in [-0.15, -0.1) is 11.3 Å². The average Bonchev–Trinajstić information content (AvgIpc) is 2.72. The van der Waals surface area contributed by atoms with Crippen LogP contribution in [0.1, 0.15) is 11.8 Å². The molecule has 1 N–H and O–H groups in total. The first-order chi connectivity index (χ1) is 7.15. The van der Waals surface area contributed by atoms with E-state index in [4.69, 9.17) is 4.42 Å². The third kappa shape index (κ3) is 2.68. The maximum atomic E-state index is 9.24. The molecule has 0 aliphatic carbocycles. The second-order valence-electron chi connectivity index (χ2n) is 3.29. The number of aliphatic hydroxyl groups excluding tert-OH is 1. The molecule has 1 unspecified atom stereocenters. The summed E-state index contributed by atoms with van der Waals surface area (Å²) >= 11 is 4.79. The zero-order chi connectivity index (χ0) is 10.8. The number of hydrogen-bond acceptors (Lipinski definition) is 4. The fraction of sp³-hybridized carbons (Fsp3) is 0.300. The molecule has 0 radical (unpaired) electrons. The van der Waals surface area contributed by atoms with E-state index in [9.17, 15) is 5.11 Å². The molecule has 5 heteroatoms. The van der Waals surface area contributed by atoms with Crippen LogP contribution in [0.2, 0.25) is 0 Å². The standard InChI is InChI=1S/C10H10BrNO2S/c1-6(13)4-7-5-12-10(15-7)8-2-3-9(11)14-8/h2-3,5-6,13H,4H2,1H3. The second-order valence-corrected chi connectivity index (χ2v) is 5.19. The quantitative estimate of drug-likeness (QED) is 0.944. The number of rotatable bonds is 3. The molecule has 0 aromatic carbocycles. The zero-order valence-corrected chi connectivity index (χ0v) is 10.5. The van der Waals surface area contributed by atoms with E-state index in [2.05, 4.69) is 20.9 Å². The van der Waals surface area contributed by atoms with Gasteiger partial charge in [0.15, 0.2) is 15.4 Å². The summed E-state index contributed by atoms with van der Waals surface area (Å²) in [6.45, 7) is 1.77. The first-order valence-corrected chi connectivity index (χ1v) is 6.14. The fourth-order valence-corrected chi connectivity index (χ4v) is 2.54. The van der Waals surface area contributed by atoms with Crippen molar-refractivity contribution >= 4 is 27.3 Å². The fourth-order valence-electron chi connectivity index (χ4n) is 1.24. The molecule has 0 saturated heterocycles. The Hall–Kier alpha value is -0.650. The van der Waals surface area contributed by atoms with Gasteiger partial charge in [0.25, 0.3) is 0 Å². The summed E-state index contributed by atoms with van der Waals surface area (Å²) in [5.41, 5.74) is 0. The molecule has 0 fully saturated rings. The van der Waals surface area contributed by atoms with E-state index < -0.39 is 0 Å². The maximum absolute atomic E-state index is 9.24. The number of hydrogen-bond donors (Lipinski definition) is 1. The van der Waals surface area contributed by atoms with Crippen molar-refractivity contribution in [1.29, 1.82) is 0 Å². The number of thiazole rings is 1. The van der Waals surface area contributed by atoms with Crippen molar-refractivity contribution in [3.8, 4) is 10.8 Å². The van der Waals surface area contributed by atoms with Crippen LogP contribution in [-0.2, 0) is 6.42 Å². The van der Waals surface area contributed by atoms with Crippen molar-refractivity contribution in [2.45, 2.75) is 19.4 Å². The molecule has 0 aliphatic rings.